The minimum absolute atomic E-state index is 0.104. The van der Waals surface area contributed by atoms with Gasteiger partial charge in [0.25, 0.3) is 0 Å². The number of rotatable bonds is 8. The Balaban J connectivity index is 2.77. The molecule has 0 radical (unpaired) electrons. The molecule has 6 heteroatoms. The van der Waals surface area contributed by atoms with E-state index < -0.39 is 0 Å². The Morgan fingerprint density at radius 3 is 1.59 bits per heavy atom. The summed E-state index contributed by atoms with van der Waals surface area (Å²) >= 11 is 6.75. The van der Waals surface area contributed by atoms with Crippen molar-refractivity contribution >= 4 is 55.0 Å². The quantitative estimate of drug-likeness (QED) is 0.584. The summed E-state index contributed by atoms with van der Waals surface area (Å²) < 4.78 is 0. The highest BCUT2D eigenvalue weighted by molar-refractivity contribution is 9.10. The first-order valence-corrected chi connectivity index (χ1v) is 9.31. The van der Waals surface area contributed by atoms with Crippen molar-refractivity contribution in [1.82, 2.24) is 0 Å². The first-order chi connectivity index (χ1) is 10.5. The number of carbonyl (C=O) groups excluding carboxylic acids is 2. The maximum absolute atomic E-state index is 12.1. The van der Waals surface area contributed by atoms with Gasteiger partial charge in [-0.2, -0.15) is 0 Å². The summed E-state index contributed by atoms with van der Waals surface area (Å²) in [5, 5.41) is 5.71. The molecule has 1 aromatic rings. The van der Waals surface area contributed by atoms with E-state index in [9.17, 15) is 9.59 Å². The summed E-state index contributed by atoms with van der Waals surface area (Å²) in [6, 6.07) is 7.21. The lowest BCUT2D eigenvalue weighted by Crippen LogP contribution is -2.26. The Kier molecular flexibility index (Phi) is 8.71. The number of carbonyl (C=O) groups is 2. The van der Waals surface area contributed by atoms with Crippen LogP contribution < -0.4 is 10.6 Å². The minimum Gasteiger partial charge on any atom is -0.323 e. The molecule has 22 heavy (non-hydrogen) atoms. The standard InChI is InChI=1S/C16H22Br2N2O2/c1-3-7-11(17)15(21)19-13-9-5-6-10-14(13)20-16(22)12(18)8-4-2/h5-6,9-12H,3-4,7-8H2,1-2H3,(H,19,21)(H,20,22)/t11-,12+. The van der Waals surface area contributed by atoms with Gasteiger partial charge in [0, 0.05) is 0 Å². The van der Waals surface area contributed by atoms with E-state index in [1.54, 1.807) is 12.1 Å². The van der Waals surface area contributed by atoms with Crippen LogP contribution in [-0.2, 0) is 9.59 Å². The third kappa shape index (κ3) is 6.08. The molecular formula is C16H22Br2N2O2. The van der Waals surface area contributed by atoms with Gasteiger partial charge in [-0.05, 0) is 25.0 Å². The van der Waals surface area contributed by atoms with Crippen LogP contribution in [0.15, 0.2) is 24.3 Å². The van der Waals surface area contributed by atoms with Gasteiger partial charge >= 0.3 is 0 Å². The van der Waals surface area contributed by atoms with E-state index in [1.165, 1.54) is 0 Å². The summed E-state index contributed by atoms with van der Waals surface area (Å²) in [4.78, 5) is 23.7. The van der Waals surface area contributed by atoms with Gasteiger partial charge in [-0.15, -0.1) is 0 Å². The van der Waals surface area contributed by atoms with Crippen LogP contribution in [-0.4, -0.2) is 21.5 Å². The van der Waals surface area contributed by atoms with Crippen molar-refractivity contribution in [2.75, 3.05) is 10.6 Å². The lowest BCUT2D eigenvalue weighted by molar-refractivity contribution is -0.116. The molecule has 0 aliphatic rings. The van der Waals surface area contributed by atoms with Gasteiger partial charge in [0.05, 0.1) is 21.0 Å². The zero-order chi connectivity index (χ0) is 16.5. The molecule has 0 saturated heterocycles. The van der Waals surface area contributed by atoms with Crippen molar-refractivity contribution in [2.45, 2.75) is 49.2 Å². The van der Waals surface area contributed by atoms with Crippen LogP contribution in [0.5, 0.6) is 0 Å². The van der Waals surface area contributed by atoms with Crippen LogP contribution in [0.4, 0.5) is 11.4 Å². The molecule has 4 nitrogen and oxygen atoms in total. The van der Waals surface area contributed by atoms with Crippen molar-refractivity contribution in [2.24, 2.45) is 0 Å². The summed E-state index contributed by atoms with van der Waals surface area (Å²) in [6.45, 7) is 4.05. The average molecular weight is 434 g/mol. The summed E-state index contributed by atoms with van der Waals surface area (Å²) in [5.41, 5.74) is 1.22. The highest BCUT2D eigenvalue weighted by Gasteiger charge is 2.18. The molecule has 0 fully saturated rings. The zero-order valence-electron chi connectivity index (χ0n) is 12.9. The van der Waals surface area contributed by atoms with Crippen molar-refractivity contribution in [1.29, 1.82) is 0 Å². The van der Waals surface area contributed by atoms with Crippen molar-refractivity contribution in [3.63, 3.8) is 0 Å². The molecule has 0 aliphatic carbocycles. The van der Waals surface area contributed by atoms with E-state index >= 15 is 0 Å². The number of benzene rings is 1. The molecule has 0 bridgehead atoms. The van der Waals surface area contributed by atoms with Gasteiger partial charge in [0.1, 0.15) is 0 Å². The highest BCUT2D eigenvalue weighted by atomic mass is 79.9. The number of alkyl halides is 2. The van der Waals surface area contributed by atoms with E-state index in [-0.39, 0.29) is 21.5 Å². The van der Waals surface area contributed by atoms with Gasteiger partial charge < -0.3 is 10.6 Å². The van der Waals surface area contributed by atoms with Crippen molar-refractivity contribution < 1.29 is 9.59 Å². The summed E-state index contributed by atoms with van der Waals surface area (Å²) in [5.74, 6) is -0.208. The SMILES string of the molecule is CCC[C@@H](Br)C(=O)Nc1ccccc1NC(=O)[C@@H](Br)CCC. The third-order valence-electron chi connectivity index (χ3n) is 3.10. The molecule has 2 atom stereocenters. The molecule has 1 rings (SSSR count). The van der Waals surface area contributed by atoms with E-state index in [1.807, 2.05) is 26.0 Å². The number of nitrogens with one attached hydrogen (secondary N) is 2. The molecule has 0 unspecified atom stereocenters. The van der Waals surface area contributed by atoms with E-state index in [2.05, 4.69) is 42.5 Å². The monoisotopic (exact) mass is 432 g/mol. The molecule has 2 amide bonds. The number of hydrogen-bond acceptors (Lipinski definition) is 2. The summed E-state index contributed by atoms with van der Waals surface area (Å²) in [7, 11) is 0. The van der Waals surface area contributed by atoms with Gasteiger partial charge in [0.15, 0.2) is 0 Å². The molecule has 0 aliphatic heterocycles. The summed E-state index contributed by atoms with van der Waals surface area (Å²) in [6.07, 6.45) is 3.37. The van der Waals surface area contributed by atoms with Crippen LogP contribution >= 0.6 is 31.9 Å². The minimum atomic E-state index is -0.231. The Hall–Kier alpha value is -0.880. The zero-order valence-corrected chi connectivity index (χ0v) is 16.0. The first-order valence-electron chi connectivity index (χ1n) is 7.48. The molecular weight excluding hydrogens is 412 g/mol. The Morgan fingerprint density at radius 1 is 0.909 bits per heavy atom. The lowest BCUT2D eigenvalue weighted by Gasteiger charge is -2.15. The number of amides is 2. The first kappa shape index (κ1) is 19.2. The Morgan fingerprint density at radius 2 is 1.27 bits per heavy atom. The van der Waals surface area contributed by atoms with Crippen LogP contribution in [0.1, 0.15) is 39.5 Å². The second-order valence-corrected chi connectivity index (χ2v) is 7.25. The van der Waals surface area contributed by atoms with Crippen molar-refractivity contribution in [3.8, 4) is 0 Å². The maximum atomic E-state index is 12.1. The van der Waals surface area contributed by atoms with E-state index in [0.717, 1.165) is 25.7 Å². The fourth-order valence-corrected chi connectivity index (χ4v) is 3.04. The second-order valence-electron chi connectivity index (χ2n) is 5.04. The van der Waals surface area contributed by atoms with Gasteiger partial charge in [-0.3, -0.25) is 9.59 Å². The smallest absolute Gasteiger partial charge is 0.238 e. The molecule has 1 aromatic carbocycles. The molecule has 2 N–H and O–H groups in total. The molecule has 0 heterocycles. The average Bonchev–Trinajstić information content (AvgIpc) is 2.49. The number of halogens is 2. The number of hydrogen-bond donors (Lipinski definition) is 2. The van der Waals surface area contributed by atoms with Crippen LogP contribution in [0, 0.1) is 0 Å². The van der Waals surface area contributed by atoms with Crippen LogP contribution in [0.25, 0.3) is 0 Å². The third-order valence-corrected chi connectivity index (χ3v) is 4.84. The fraction of sp³-hybridized carbons (Fsp3) is 0.500. The maximum Gasteiger partial charge on any atom is 0.238 e. The van der Waals surface area contributed by atoms with Crippen LogP contribution in [0.3, 0.4) is 0 Å². The lowest BCUT2D eigenvalue weighted by atomic mass is 10.2. The predicted octanol–water partition coefficient (Wildman–Crippen LogP) is 4.69. The van der Waals surface area contributed by atoms with Gasteiger partial charge in [-0.1, -0.05) is 70.7 Å². The Labute approximate surface area is 148 Å². The van der Waals surface area contributed by atoms with Crippen molar-refractivity contribution in [3.05, 3.63) is 24.3 Å². The fourth-order valence-electron chi connectivity index (χ4n) is 1.89. The van der Waals surface area contributed by atoms with Gasteiger partial charge in [0.2, 0.25) is 11.8 Å². The predicted molar refractivity (Wildman–Crippen MR) is 98.9 cm³/mol. The topological polar surface area (TPSA) is 58.2 Å². The number of anilines is 2. The van der Waals surface area contributed by atoms with E-state index in [0.29, 0.717) is 11.4 Å². The van der Waals surface area contributed by atoms with E-state index in [4.69, 9.17) is 0 Å². The molecule has 122 valence electrons. The highest BCUT2D eigenvalue weighted by Crippen LogP contribution is 2.23. The molecule has 0 saturated carbocycles. The molecule has 0 aromatic heterocycles. The molecule has 0 spiro atoms. The van der Waals surface area contributed by atoms with Crippen LogP contribution in [0.2, 0.25) is 0 Å². The number of para-hydroxylation sites is 2. The largest absolute Gasteiger partial charge is 0.323 e. The Bertz CT molecular complexity index is 464. The second kappa shape index (κ2) is 10.0. The normalized spacial score (nSPS) is 13.3. The van der Waals surface area contributed by atoms with Gasteiger partial charge in [-0.25, -0.2) is 0 Å².